The van der Waals surface area contributed by atoms with Crippen molar-refractivity contribution in [3.8, 4) is 0 Å². The molecule has 0 saturated carbocycles. The predicted octanol–water partition coefficient (Wildman–Crippen LogP) is 0.595. The molecule has 1 N–H and O–H groups in total. The summed E-state index contributed by atoms with van der Waals surface area (Å²) in [6, 6.07) is 0.0336. The fourth-order valence-corrected chi connectivity index (χ4v) is 4.04. The molecule has 1 aliphatic heterocycles. The fraction of sp³-hybridized carbons (Fsp3) is 1.00. The van der Waals surface area contributed by atoms with Crippen LogP contribution in [-0.4, -0.2) is 58.9 Å². The Morgan fingerprint density at radius 3 is 2.89 bits per heavy atom. The van der Waals surface area contributed by atoms with Crippen LogP contribution in [0.25, 0.3) is 0 Å². The van der Waals surface area contributed by atoms with Gasteiger partial charge in [-0.1, -0.05) is 6.92 Å². The smallest absolute Gasteiger partial charge is 0.157 e. The van der Waals surface area contributed by atoms with E-state index in [0.29, 0.717) is 26.2 Å². The molecule has 0 spiro atoms. The molecule has 0 amide bonds. The summed E-state index contributed by atoms with van der Waals surface area (Å²) in [5, 5.41) is 2.92. The molecule has 0 aromatic heterocycles. The Labute approximate surface area is 110 Å². The van der Waals surface area contributed by atoms with Crippen LogP contribution in [0.2, 0.25) is 0 Å². The van der Waals surface area contributed by atoms with Gasteiger partial charge in [0.15, 0.2) is 9.84 Å². The van der Waals surface area contributed by atoms with Gasteiger partial charge >= 0.3 is 0 Å². The fourth-order valence-electron chi connectivity index (χ4n) is 2.18. The van der Waals surface area contributed by atoms with Gasteiger partial charge in [0.2, 0.25) is 0 Å². The Bertz CT molecular complexity index is 318. The van der Waals surface area contributed by atoms with Gasteiger partial charge in [0.25, 0.3) is 0 Å². The summed E-state index contributed by atoms with van der Waals surface area (Å²) in [6.45, 7) is 4.38. The second kappa shape index (κ2) is 8.09. The number of rotatable bonds is 8. The van der Waals surface area contributed by atoms with Crippen LogP contribution >= 0.6 is 0 Å². The van der Waals surface area contributed by atoms with Crippen LogP contribution in [0.3, 0.4) is 0 Å². The first kappa shape index (κ1) is 15.9. The minimum atomic E-state index is -3.10. The third-order valence-electron chi connectivity index (χ3n) is 3.20. The van der Waals surface area contributed by atoms with Crippen LogP contribution in [0, 0.1) is 0 Å². The molecule has 2 unspecified atom stereocenters. The van der Waals surface area contributed by atoms with E-state index in [2.05, 4.69) is 12.2 Å². The largest absolute Gasteiger partial charge is 0.385 e. The maximum atomic E-state index is 12.3. The molecular formula is C12H25NO4S. The van der Waals surface area contributed by atoms with E-state index in [0.717, 1.165) is 19.4 Å². The zero-order valence-electron chi connectivity index (χ0n) is 11.4. The highest BCUT2D eigenvalue weighted by Gasteiger charge is 2.35. The number of methoxy groups -OCH3 is 1. The van der Waals surface area contributed by atoms with E-state index in [1.165, 1.54) is 0 Å². The number of hydrogen-bond acceptors (Lipinski definition) is 5. The highest BCUT2D eigenvalue weighted by Crippen LogP contribution is 2.17. The third-order valence-corrected chi connectivity index (χ3v) is 5.44. The Hall–Kier alpha value is -0.170. The molecule has 2 atom stereocenters. The Morgan fingerprint density at radius 2 is 2.22 bits per heavy atom. The van der Waals surface area contributed by atoms with Crippen molar-refractivity contribution in [1.82, 2.24) is 5.32 Å². The normalized spacial score (nSPS) is 25.2. The van der Waals surface area contributed by atoms with E-state index >= 15 is 0 Å². The number of sulfone groups is 1. The standard InChI is InChI=1S/C12H25NO4S/c1-3-6-13-11-5-8-17-10-12(11)18(14,15)9-4-7-16-2/h11-13H,3-10H2,1-2H3. The first-order valence-corrected chi connectivity index (χ1v) is 8.35. The van der Waals surface area contributed by atoms with E-state index in [9.17, 15) is 8.42 Å². The summed E-state index contributed by atoms with van der Waals surface area (Å²) in [5.74, 6) is 0.180. The molecule has 1 fully saturated rings. The average Bonchev–Trinajstić information content (AvgIpc) is 2.37. The topological polar surface area (TPSA) is 64.6 Å². The van der Waals surface area contributed by atoms with Crippen molar-refractivity contribution >= 4 is 9.84 Å². The molecule has 0 aromatic carbocycles. The average molecular weight is 279 g/mol. The number of hydrogen-bond donors (Lipinski definition) is 1. The molecular weight excluding hydrogens is 254 g/mol. The van der Waals surface area contributed by atoms with Gasteiger partial charge in [-0.2, -0.15) is 0 Å². The van der Waals surface area contributed by atoms with Crippen molar-refractivity contribution in [2.45, 2.75) is 37.5 Å². The highest BCUT2D eigenvalue weighted by atomic mass is 32.2. The molecule has 1 heterocycles. The van der Waals surface area contributed by atoms with Gasteiger partial charge in [0, 0.05) is 26.4 Å². The molecule has 1 aliphatic rings. The van der Waals surface area contributed by atoms with Gasteiger partial charge in [0.1, 0.15) is 0 Å². The van der Waals surface area contributed by atoms with E-state index in [-0.39, 0.29) is 11.8 Å². The van der Waals surface area contributed by atoms with Crippen LogP contribution < -0.4 is 5.32 Å². The zero-order valence-corrected chi connectivity index (χ0v) is 12.2. The summed E-state index contributed by atoms with van der Waals surface area (Å²) in [5.41, 5.74) is 0. The minimum absolute atomic E-state index is 0.0336. The van der Waals surface area contributed by atoms with Crippen molar-refractivity contribution in [3.05, 3.63) is 0 Å². The first-order valence-electron chi connectivity index (χ1n) is 6.63. The van der Waals surface area contributed by atoms with E-state index in [1.54, 1.807) is 7.11 Å². The summed E-state index contributed by atoms with van der Waals surface area (Å²) >= 11 is 0. The molecule has 0 aromatic rings. The quantitative estimate of drug-likeness (QED) is 0.659. The molecule has 18 heavy (non-hydrogen) atoms. The lowest BCUT2D eigenvalue weighted by Gasteiger charge is -2.32. The van der Waals surface area contributed by atoms with Crippen molar-refractivity contribution in [2.24, 2.45) is 0 Å². The summed E-state index contributed by atoms with van der Waals surface area (Å²) in [4.78, 5) is 0. The number of nitrogens with one attached hydrogen (secondary N) is 1. The predicted molar refractivity (Wildman–Crippen MR) is 71.6 cm³/mol. The van der Waals surface area contributed by atoms with E-state index in [4.69, 9.17) is 9.47 Å². The van der Waals surface area contributed by atoms with Gasteiger partial charge in [-0.25, -0.2) is 8.42 Å². The molecule has 6 heteroatoms. The van der Waals surface area contributed by atoms with Gasteiger partial charge in [-0.05, 0) is 25.8 Å². The summed E-state index contributed by atoms with van der Waals surface area (Å²) in [7, 11) is -1.52. The first-order chi connectivity index (χ1) is 8.61. The maximum Gasteiger partial charge on any atom is 0.157 e. The van der Waals surface area contributed by atoms with Crippen LogP contribution in [0.5, 0.6) is 0 Å². The van der Waals surface area contributed by atoms with Crippen LogP contribution in [-0.2, 0) is 19.3 Å². The molecule has 108 valence electrons. The van der Waals surface area contributed by atoms with Gasteiger partial charge in [0.05, 0.1) is 17.6 Å². The van der Waals surface area contributed by atoms with Crippen molar-refractivity contribution in [2.75, 3.05) is 39.2 Å². The minimum Gasteiger partial charge on any atom is -0.385 e. The second-order valence-corrected chi connectivity index (χ2v) is 7.02. The third kappa shape index (κ3) is 4.84. The van der Waals surface area contributed by atoms with Crippen molar-refractivity contribution in [1.29, 1.82) is 0 Å². The monoisotopic (exact) mass is 279 g/mol. The zero-order chi connectivity index (χ0) is 13.4. The highest BCUT2D eigenvalue weighted by molar-refractivity contribution is 7.92. The molecule has 0 bridgehead atoms. The second-order valence-electron chi connectivity index (χ2n) is 4.68. The Balaban J connectivity index is 2.57. The molecule has 1 saturated heterocycles. The lowest BCUT2D eigenvalue weighted by Crippen LogP contribution is -2.51. The molecule has 0 radical (unpaired) electrons. The molecule has 0 aliphatic carbocycles. The van der Waals surface area contributed by atoms with Gasteiger partial charge in [-0.3, -0.25) is 0 Å². The molecule has 5 nitrogen and oxygen atoms in total. The maximum absolute atomic E-state index is 12.3. The Kier molecular flexibility index (Phi) is 7.14. The van der Waals surface area contributed by atoms with Gasteiger partial charge < -0.3 is 14.8 Å². The SMILES string of the molecule is CCCNC1CCOCC1S(=O)(=O)CCCOC. The van der Waals surface area contributed by atoms with E-state index in [1.807, 2.05) is 0 Å². The lowest BCUT2D eigenvalue weighted by molar-refractivity contribution is 0.0807. The molecule has 1 rings (SSSR count). The Morgan fingerprint density at radius 1 is 1.44 bits per heavy atom. The van der Waals surface area contributed by atoms with E-state index < -0.39 is 15.1 Å². The lowest BCUT2D eigenvalue weighted by atomic mass is 10.1. The van der Waals surface area contributed by atoms with Crippen LogP contribution in [0.1, 0.15) is 26.2 Å². The van der Waals surface area contributed by atoms with Crippen LogP contribution in [0.4, 0.5) is 0 Å². The number of ether oxygens (including phenoxy) is 2. The van der Waals surface area contributed by atoms with Crippen molar-refractivity contribution in [3.63, 3.8) is 0 Å². The van der Waals surface area contributed by atoms with Gasteiger partial charge in [-0.15, -0.1) is 0 Å². The summed E-state index contributed by atoms with van der Waals surface area (Å²) < 4.78 is 34.8. The summed E-state index contributed by atoms with van der Waals surface area (Å²) in [6.07, 6.45) is 2.33. The van der Waals surface area contributed by atoms with Crippen molar-refractivity contribution < 1.29 is 17.9 Å². The van der Waals surface area contributed by atoms with Crippen LogP contribution in [0.15, 0.2) is 0 Å².